The Morgan fingerprint density at radius 2 is 2.14 bits per heavy atom. The standard InChI is InChI=1S/C10H18N4/c1-4-5-12-9-6-8(11)13-10(14-9)7(2)3/h6-7H,4-5H2,1-3H3,(H3,11,12,13,14). The van der Waals surface area contributed by atoms with Crippen LogP contribution in [0.4, 0.5) is 11.6 Å². The van der Waals surface area contributed by atoms with Gasteiger partial charge in [0.15, 0.2) is 0 Å². The van der Waals surface area contributed by atoms with Crippen molar-refractivity contribution in [2.75, 3.05) is 17.6 Å². The Morgan fingerprint density at radius 1 is 1.43 bits per heavy atom. The van der Waals surface area contributed by atoms with Gasteiger partial charge in [-0.05, 0) is 6.42 Å². The minimum atomic E-state index is 0.306. The average molecular weight is 194 g/mol. The van der Waals surface area contributed by atoms with E-state index in [9.17, 15) is 0 Å². The van der Waals surface area contributed by atoms with Crippen LogP contribution < -0.4 is 11.1 Å². The molecule has 0 aromatic carbocycles. The molecule has 3 N–H and O–H groups in total. The summed E-state index contributed by atoms with van der Waals surface area (Å²) < 4.78 is 0. The quantitative estimate of drug-likeness (QED) is 0.769. The zero-order valence-corrected chi connectivity index (χ0v) is 9.04. The van der Waals surface area contributed by atoms with E-state index in [0.717, 1.165) is 24.6 Å². The molecule has 0 amide bonds. The maximum atomic E-state index is 5.68. The number of nitrogens with zero attached hydrogens (tertiary/aromatic N) is 2. The van der Waals surface area contributed by atoms with Crippen LogP contribution in [0.1, 0.15) is 38.9 Å². The third-order valence-electron chi connectivity index (χ3n) is 1.84. The van der Waals surface area contributed by atoms with Crippen LogP contribution in [0.5, 0.6) is 0 Å². The van der Waals surface area contributed by atoms with Gasteiger partial charge in [-0.1, -0.05) is 20.8 Å². The average Bonchev–Trinajstić information content (AvgIpc) is 2.14. The molecule has 4 nitrogen and oxygen atoms in total. The SMILES string of the molecule is CCCNc1cc(N)nc(C(C)C)n1. The van der Waals surface area contributed by atoms with Crippen LogP contribution in [-0.4, -0.2) is 16.5 Å². The van der Waals surface area contributed by atoms with E-state index in [1.54, 1.807) is 6.07 Å². The summed E-state index contributed by atoms with van der Waals surface area (Å²) in [6.45, 7) is 7.13. The molecule has 0 spiro atoms. The van der Waals surface area contributed by atoms with E-state index in [-0.39, 0.29) is 0 Å². The molecule has 1 aromatic rings. The van der Waals surface area contributed by atoms with Crippen molar-refractivity contribution in [3.05, 3.63) is 11.9 Å². The molecule has 0 aliphatic heterocycles. The molecule has 0 aliphatic carbocycles. The Labute approximate surface area is 85.0 Å². The number of nitrogen functional groups attached to an aromatic ring is 1. The van der Waals surface area contributed by atoms with Crippen molar-refractivity contribution in [1.82, 2.24) is 9.97 Å². The molecule has 1 rings (SSSR count). The van der Waals surface area contributed by atoms with Gasteiger partial charge in [-0.15, -0.1) is 0 Å². The van der Waals surface area contributed by atoms with Gasteiger partial charge in [0.05, 0.1) is 0 Å². The molecule has 0 bridgehead atoms. The molecule has 0 unspecified atom stereocenters. The van der Waals surface area contributed by atoms with Crippen LogP contribution in [0.3, 0.4) is 0 Å². The first-order chi connectivity index (χ1) is 6.63. The summed E-state index contributed by atoms with van der Waals surface area (Å²) in [4.78, 5) is 8.54. The highest BCUT2D eigenvalue weighted by molar-refractivity contribution is 5.44. The zero-order valence-electron chi connectivity index (χ0n) is 9.04. The number of rotatable bonds is 4. The molecular weight excluding hydrogens is 176 g/mol. The molecule has 0 saturated carbocycles. The molecule has 1 heterocycles. The predicted octanol–water partition coefficient (Wildman–Crippen LogP) is 2.00. The van der Waals surface area contributed by atoms with Crippen LogP contribution in [0.15, 0.2) is 6.07 Å². The number of hydrogen-bond acceptors (Lipinski definition) is 4. The van der Waals surface area contributed by atoms with Gasteiger partial charge in [0, 0.05) is 18.5 Å². The van der Waals surface area contributed by atoms with E-state index in [1.165, 1.54) is 0 Å². The summed E-state index contributed by atoms with van der Waals surface area (Å²) in [5.74, 6) is 2.45. The van der Waals surface area contributed by atoms with Crippen molar-refractivity contribution in [2.45, 2.75) is 33.1 Å². The van der Waals surface area contributed by atoms with Crippen LogP contribution >= 0.6 is 0 Å². The van der Waals surface area contributed by atoms with E-state index < -0.39 is 0 Å². The topological polar surface area (TPSA) is 63.8 Å². The number of nitrogens with one attached hydrogen (secondary N) is 1. The van der Waals surface area contributed by atoms with Gasteiger partial charge in [0.25, 0.3) is 0 Å². The molecule has 0 atom stereocenters. The van der Waals surface area contributed by atoms with E-state index in [2.05, 4.69) is 36.1 Å². The van der Waals surface area contributed by atoms with Gasteiger partial charge >= 0.3 is 0 Å². The van der Waals surface area contributed by atoms with Gasteiger partial charge in [-0.3, -0.25) is 0 Å². The van der Waals surface area contributed by atoms with Crippen LogP contribution in [0, 0.1) is 0 Å². The first-order valence-electron chi connectivity index (χ1n) is 5.01. The molecule has 14 heavy (non-hydrogen) atoms. The minimum absolute atomic E-state index is 0.306. The predicted molar refractivity (Wildman–Crippen MR) is 59.3 cm³/mol. The molecule has 0 aliphatic rings. The van der Waals surface area contributed by atoms with Crippen molar-refractivity contribution in [3.8, 4) is 0 Å². The molecule has 4 heteroatoms. The Hall–Kier alpha value is -1.32. The van der Waals surface area contributed by atoms with Gasteiger partial charge in [-0.2, -0.15) is 0 Å². The number of nitrogens with two attached hydrogens (primary N) is 1. The summed E-state index contributed by atoms with van der Waals surface area (Å²) in [5, 5.41) is 3.20. The first kappa shape index (κ1) is 10.8. The highest BCUT2D eigenvalue weighted by Gasteiger charge is 2.05. The largest absolute Gasteiger partial charge is 0.384 e. The van der Waals surface area contributed by atoms with Crippen molar-refractivity contribution >= 4 is 11.6 Å². The second-order valence-corrected chi connectivity index (χ2v) is 3.62. The molecule has 0 saturated heterocycles. The lowest BCUT2D eigenvalue weighted by Crippen LogP contribution is -2.07. The fourth-order valence-electron chi connectivity index (χ4n) is 1.09. The fourth-order valence-corrected chi connectivity index (χ4v) is 1.09. The van der Waals surface area contributed by atoms with Crippen molar-refractivity contribution in [3.63, 3.8) is 0 Å². The number of anilines is 2. The number of aromatic nitrogens is 2. The van der Waals surface area contributed by atoms with Gasteiger partial charge in [-0.25, -0.2) is 9.97 Å². The second kappa shape index (κ2) is 4.79. The maximum absolute atomic E-state index is 5.68. The van der Waals surface area contributed by atoms with Crippen LogP contribution in [0.25, 0.3) is 0 Å². The summed E-state index contributed by atoms with van der Waals surface area (Å²) in [6.07, 6.45) is 1.07. The van der Waals surface area contributed by atoms with Crippen molar-refractivity contribution in [2.24, 2.45) is 0 Å². The molecular formula is C10H18N4. The highest BCUT2D eigenvalue weighted by atomic mass is 15.0. The molecule has 0 radical (unpaired) electrons. The molecule has 1 aromatic heterocycles. The third-order valence-corrected chi connectivity index (χ3v) is 1.84. The van der Waals surface area contributed by atoms with E-state index in [4.69, 9.17) is 5.73 Å². The van der Waals surface area contributed by atoms with E-state index >= 15 is 0 Å². The summed E-state index contributed by atoms with van der Waals surface area (Å²) in [7, 11) is 0. The van der Waals surface area contributed by atoms with Gasteiger partial charge in [0.2, 0.25) is 0 Å². The van der Waals surface area contributed by atoms with Crippen molar-refractivity contribution < 1.29 is 0 Å². The number of hydrogen-bond donors (Lipinski definition) is 2. The summed E-state index contributed by atoms with van der Waals surface area (Å²) in [5.41, 5.74) is 5.68. The lowest BCUT2D eigenvalue weighted by molar-refractivity contribution is 0.776. The first-order valence-corrected chi connectivity index (χ1v) is 5.01. The van der Waals surface area contributed by atoms with Gasteiger partial charge in [0.1, 0.15) is 17.5 Å². The Balaban J connectivity index is 2.84. The lowest BCUT2D eigenvalue weighted by atomic mass is 10.2. The summed E-state index contributed by atoms with van der Waals surface area (Å²) >= 11 is 0. The van der Waals surface area contributed by atoms with E-state index in [1.807, 2.05) is 0 Å². The fraction of sp³-hybridized carbons (Fsp3) is 0.600. The molecule has 0 fully saturated rings. The lowest BCUT2D eigenvalue weighted by Gasteiger charge is -2.08. The van der Waals surface area contributed by atoms with Gasteiger partial charge < -0.3 is 11.1 Å². The second-order valence-electron chi connectivity index (χ2n) is 3.62. The monoisotopic (exact) mass is 194 g/mol. The Kier molecular flexibility index (Phi) is 3.68. The third kappa shape index (κ3) is 2.87. The maximum Gasteiger partial charge on any atom is 0.135 e. The Morgan fingerprint density at radius 3 is 2.71 bits per heavy atom. The van der Waals surface area contributed by atoms with E-state index in [0.29, 0.717) is 11.7 Å². The van der Waals surface area contributed by atoms with Crippen LogP contribution in [-0.2, 0) is 0 Å². The smallest absolute Gasteiger partial charge is 0.135 e. The van der Waals surface area contributed by atoms with Crippen LogP contribution in [0.2, 0.25) is 0 Å². The highest BCUT2D eigenvalue weighted by Crippen LogP contribution is 2.14. The minimum Gasteiger partial charge on any atom is -0.384 e. The normalized spacial score (nSPS) is 10.6. The Bertz CT molecular complexity index is 296. The van der Waals surface area contributed by atoms with Crippen molar-refractivity contribution in [1.29, 1.82) is 0 Å². The summed E-state index contributed by atoms with van der Waals surface area (Å²) in [6, 6.07) is 1.77. The molecule has 78 valence electrons. The zero-order chi connectivity index (χ0) is 10.6.